The van der Waals surface area contributed by atoms with Crippen LogP contribution in [-0.4, -0.2) is 0 Å². The first kappa shape index (κ1) is 11.0. The average molecular weight is 204 g/mol. The lowest BCUT2D eigenvalue weighted by Gasteiger charge is -2.43. The van der Waals surface area contributed by atoms with E-state index in [0.717, 1.165) is 29.6 Å². The molecule has 0 bridgehead atoms. The molecule has 2 aliphatic rings. The highest BCUT2D eigenvalue weighted by Gasteiger charge is 2.36. The molecule has 0 aromatic rings. The van der Waals surface area contributed by atoms with E-state index in [1.165, 1.54) is 18.4 Å². The highest BCUT2D eigenvalue weighted by molar-refractivity contribution is 5.25. The Labute approximate surface area is 94.5 Å². The molecule has 0 N–H and O–H groups in total. The van der Waals surface area contributed by atoms with Gasteiger partial charge in [0.15, 0.2) is 0 Å². The molecule has 0 saturated heterocycles. The fraction of sp³-hybridized carbons (Fsp3) is 0.733. The van der Waals surface area contributed by atoms with Gasteiger partial charge < -0.3 is 0 Å². The van der Waals surface area contributed by atoms with Crippen LogP contribution in [0.5, 0.6) is 0 Å². The zero-order valence-electron chi connectivity index (χ0n) is 10.5. The summed E-state index contributed by atoms with van der Waals surface area (Å²) in [5, 5.41) is 0. The Bertz CT molecular complexity index is 282. The second-order valence-corrected chi connectivity index (χ2v) is 5.89. The number of hydrogen-bond donors (Lipinski definition) is 0. The Balaban J connectivity index is 2.23. The van der Waals surface area contributed by atoms with E-state index in [-0.39, 0.29) is 0 Å². The topological polar surface area (TPSA) is 0 Å². The third-order valence-electron chi connectivity index (χ3n) is 4.44. The first-order valence-corrected chi connectivity index (χ1v) is 6.46. The van der Waals surface area contributed by atoms with Gasteiger partial charge in [-0.15, -0.1) is 0 Å². The molecular weight excluding hydrogens is 180 g/mol. The van der Waals surface area contributed by atoms with Crippen molar-refractivity contribution in [2.24, 2.45) is 29.6 Å². The molecule has 2 aliphatic carbocycles. The molecule has 0 aliphatic heterocycles. The summed E-state index contributed by atoms with van der Waals surface area (Å²) in [5.41, 5.74) is 1.47. The first-order valence-electron chi connectivity index (χ1n) is 6.46. The zero-order valence-corrected chi connectivity index (χ0v) is 10.5. The fourth-order valence-electron chi connectivity index (χ4n) is 3.46. The minimum Gasteiger partial charge on any atom is -0.0803 e. The molecule has 0 heteroatoms. The maximum absolute atomic E-state index is 2.53. The van der Waals surface area contributed by atoms with Crippen LogP contribution in [0.4, 0.5) is 0 Å². The standard InChI is InChI=1S/C15H24/c1-10(2)13-8-6-12(4)14-7-5-11(3)9-15(13)14/h5,7,9-10,12-15H,6,8H2,1-4H3. The number of fused-ring (bicyclic) bond motifs is 1. The fourth-order valence-corrected chi connectivity index (χ4v) is 3.46. The lowest BCUT2D eigenvalue weighted by molar-refractivity contribution is 0.129. The molecule has 1 saturated carbocycles. The highest BCUT2D eigenvalue weighted by atomic mass is 14.4. The summed E-state index contributed by atoms with van der Waals surface area (Å²) in [6.45, 7) is 9.44. The van der Waals surface area contributed by atoms with Crippen LogP contribution >= 0.6 is 0 Å². The van der Waals surface area contributed by atoms with Crippen LogP contribution in [0.2, 0.25) is 0 Å². The first-order chi connectivity index (χ1) is 7.09. The second kappa shape index (κ2) is 4.15. The van der Waals surface area contributed by atoms with Gasteiger partial charge in [0.05, 0.1) is 0 Å². The van der Waals surface area contributed by atoms with Gasteiger partial charge in [-0.25, -0.2) is 0 Å². The molecule has 4 atom stereocenters. The summed E-state index contributed by atoms with van der Waals surface area (Å²) in [6.07, 6.45) is 10.2. The van der Waals surface area contributed by atoms with Crippen molar-refractivity contribution in [1.82, 2.24) is 0 Å². The summed E-state index contributed by atoms with van der Waals surface area (Å²) in [7, 11) is 0. The molecule has 0 radical (unpaired) electrons. The molecule has 0 aromatic carbocycles. The van der Waals surface area contributed by atoms with Crippen molar-refractivity contribution < 1.29 is 0 Å². The Kier molecular flexibility index (Phi) is 3.04. The van der Waals surface area contributed by atoms with Crippen LogP contribution in [0.25, 0.3) is 0 Å². The van der Waals surface area contributed by atoms with Crippen LogP contribution in [0.3, 0.4) is 0 Å². The molecule has 2 rings (SSSR count). The van der Waals surface area contributed by atoms with Gasteiger partial charge in [0.1, 0.15) is 0 Å². The van der Waals surface area contributed by atoms with E-state index in [9.17, 15) is 0 Å². The largest absolute Gasteiger partial charge is 0.0803 e. The molecule has 84 valence electrons. The smallest absolute Gasteiger partial charge is 0.0131 e. The van der Waals surface area contributed by atoms with Crippen LogP contribution in [0.15, 0.2) is 23.8 Å². The molecule has 0 nitrogen and oxygen atoms in total. The van der Waals surface area contributed by atoms with Gasteiger partial charge >= 0.3 is 0 Å². The normalized spacial score (nSPS) is 40.2. The van der Waals surface area contributed by atoms with Gasteiger partial charge in [0.25, 0.3) is 0 Å². The number of rotatable bonds is 1. The summed E-state index contributed by atoms with van der Waals surface area (Å²) < 4.78 is 0. The van der Waals surface area contributed by atoms with Crippen LogP contribution in [-0.2, 0) is 0 Å². The lowest BCUT2D eigenvalue weighted by Crippen LogP contribution is -2.35. The molecule has 4 unspecified atom stereocenters. The summed E-state index contributed by atoms with van der Waals surface area (Å²) in [4.78, 5) is 0. The van der Waals surface area contributed by atoms with E-state index >= 15 is 0 Å². The van der Waals surface area contributed by atoms with Crippen LogP contribution in [0, 0.1) is 29.6 Å². The molecule has 0 spiro atoms. The zero-order chi connectivity index (χ0) is 11.0. The molecule has 0 aromatic heterocycles. The van der Waals surface area contributed by atoms with Gasteiger partial charge in [-0.05, 0) is 49.4 Å². The average Bonchev–Trinajstić information content (AvgIpc) is 2.17. The van der Waals surface area contributed by atoms with Crippen LogP contribution < -0.4 is 0 Å². The summed E-state index contributed by atoms with van der Waals surface area (Å²) >= 11 is 0. The molecule has 0 heterocycles. The summed E-state index contributed by atoms with van der Waals surface area (Å²) in [5.74, 6) is 4.26. The minimum atomic E-state index is 0.815. The quantitative estimate of drug-likeness (QED) is 0.592. The number of allylic oxidation sites excluding steroid dienone is 4. The SMILES string of the molecule is CC1=CC2C(C=C1)C(C)CCC2C(C)C. The van der Waals surface area contributed by atoms with Crippen molar-refractivity contribution in [3.8, 4) is 0 Å². The third kappa shape index (κ3) is 2.04. The van der Waals surface area contributed by atoms with Crippen molar-refractivity contribution in [1.29, 1.82) is 0 Å². The highest BCUT2D eigenvalue weighted by Crippen LogP contribution is 2.45. The molecule has 15 heavy (non-hydrogen) atoms. The van der Waals surface area contributed by atoms with Crippen molar-refractivity contribution in [3.05, 3.63) is 23.8 Å². The van der Waals surface area contributed by atoms with E-state index in [4.69, 9.17) is 0 Å². The van der Waals surface area contributed by atoms with E-state index in [1.54, 1.807) is 0 Å². The van der Waals surface area contributed by atoms with Gasteiger partial charge in [-0.2, -0.15) is 0 Å². The Morgan fingerprint density at radius 2 is 1.93 bits per heavy atom. The second-order valence-electron chi connectivity index (χ2n) is 5.89. The van der Waals surface area contributed by atoms with Crippen molar-refractivity contribution in [2.45, 2.75) is 40.5 Å². The van der Waals surface area contributed by atoms with Crippen LogP contribution in [0.1, 0.15) is 40.5 Å². The maximum atomic E-state index is 2.53. The van der Waals surface area contributed by atoms with Crippen molar-refractivity contribution in [2.75, 3.05) is 0 Å². The Hall–Kier alpha value is -0.520. The van der Waals surface area contributed by atoms with Crippen molar-refractivity contribution in [3.63, 3.8) is 0 Å². The third-order valence-corrected chi connectivity index (χ3v) is 4.44. The molecular formula is C15H24. The Morgan fingerprint density at radius 1 is 1.20 bits per heavy atom. The maximum Gasteiger partial charge on any atom is -0.0131 e. The minimum absolute atomic E-state index is 0.815. The molecule has 0 amide bonds. The van der Waals surface area contributed by atoms with E-state index in [2.05, 4.69) is 45.9 Å². The monoisotopic (exact) mass is 204 g/mol. The molecule has 1 fully saturated rings. The Morgan fingerprint density at radius 3 is 2.60 bits per heavy atom. The predicted molar refractivity (Wildman–Crippen MR) is 66.6 cm³/mol. The van der Waals surface area contributed by atoms with E-state index in [0.29, 0.717) is 0 Å². The number of hydrogen-bond acceptors (Lipinski definition) is 0. The van der Waals surface area contributed by atoms with E-state index in [1.807, 2.05) is 0 Å². The van der Waals surface area contributed by atoms with E-state index < -0.39 is 0 Å². The lowest BCUT2D eigenvalue weighted by atomic mass is 9.62. The van der Waals surface area contributed by atoms with Gasteiger partial charge in [0.2, 0.25) is 0 Å². The van der Waals surface area contributed by atoms with Crippen molar-refractivity contribution >= 4 is 0 Å². The van der Waals surface area contributed by atoms with Gasteiger partial charge in [-0.1, -0.05) is 44.6 Å². The van der Waals surface area contributed by atoms with Gasteiger partial charge in [0, 0.05) is 0 Å². The predicted octanol–water partition coefficient (Wildman–Crippen LogP) is 4.44. The summed E-state index contributed by atoms with van der Waals surface area (Å²) in [6, 6.07) is 0. The van der Waals surface area contributed by atoms with Gasteiger partial charge in [-0.3, -0.25) is 0 Å².